The van der Waals surface area contributed by atoms with E-state index in [1.165, 1.54) is 31.6 Å². The Kier molecular flexibility index (Phi) is 4.90. The Morgan fingerprint density at radius 3 is 3.00 bits per heavy atom. The van der Waals surface area contributed by atoms with E-state index >= 15 is 0 Å². The number of thiazole rings is 1. The molecule has 0 aliphatic rings. The molecule has 7 heteroatoms. The lowest BCUT2D eigenvalue weighted by Crippen LogP contribution is -2.12. The Hall–Kier alpha value is -2.67. The summed E-state index contributed by atoms with van der Waals surface area (Å²) in [5.74, 6) is -0.139. The summed E-state index contributed by atoms with van der Waals surface area (Å²) in [6.45, 7) is 5.44. The number of methoxy groups -OCH3 is 1. The molecule has 2 aromatic rings. The average Bonchev–Trinajstić information content (AvgIpc) is 2.86. The van der Waals surface area contributed by atoms with Crippen LogP contribution < -0.4 is 11.1 Å². The van der Waals surface area contributed by atoms with Crippen molar-refractivity contribution in [1.29, 1.82) is 0 Å². The Balaban J connectivity index is 2.21. The van der Waals surface area contributed by atoms with Crippen LogP contribution in [0.2, 0.25) is 0 Å². The number of nitrogens with zero attached hydrogens (tertiary/aromatic N) is 2. The molecule has 1 heterocycles. The molecule has 0 aliphatic heterocycles. The highest BCUT2D eigenvalue weighted by Crippen LogP contribution is 2.28. The van der Waals surface area contributed by atoms with Gasteiger partial charge < -0.3 is 15.8 Å². The van der Waals surface area contributed by atoms with Crippen LogP contribution in [0.5, 0.6) is 0 Å². The molecule has 1 amide bonds. The molecule has 0 radical (unpaired) electrons. The minimum atomic E-state index is -0.139. The molecule has 0 spiro atoms. The largest absolute Gasteiger partial charge is 0.469 e. The second kappa shape index (κ2) is 6.86. The van der Waals surface area contributed by atoms with Crippen LogP contribution in [-0.4, -0.2) is 24.0 Å². The van der Waals surface area contributed by atoms with Gasteiger partial charge in [-0.25, -0.2) is 9.98 Å². The molecular weight excluding hydrogens is 300 g/mol. The van der Waals surface area contributed by atoms with E-state index in [4.69, 9.17) is 10.5 Å². The standard InChI is InChI=1S/C15H16N4O2S/c1-9(6-7-17-14(16)21-3)11-4-5-12-13(8-11)22-15(19-12)18-10(2)20/h4-8H,1H2,2-3H3,(H2,16,17)(H,18,19,20)/b7-6-. The number of nitrogens with one attached hydrogen (secondary N) is 1. The lowest BCUT2D eigenvalue weighted by atomic mass is 10.1. The predicted molar refractivity (Wildman–Crippen MR) is 90.7 cm³/mol. The fourth-order valence-corrected chi connectivity index (χ4v) is 2.63. The Morgan fingerprint density at radius 2 is 2.32 bits per heavy atom. The van der Waals surface area contributed by atoms with Crippen molar-refractivity contribution < 1.29 is 9.53 Å². The van der Waals surface area contributed by atoms with E-state index in [9.17, 15) is 4.79 Å². The predicted octanol–water partition coefficient (Wildman–Crippen LogP) is 2.74. The molecule has 0 saturated heterocycles. The lowest BCUT2D eigenvalue weighted by Gasteiger charge is -1.99. The number of nitrogens with two attached hydrogens (primary N) is 1. The third-order valence-electron chi connectivity index (χ3n) is 2.73. The Bertz CT molecular complexity index is 777. The average molecular weight is 316 g/mol. The second-order valence-corrected chi connectivity index (χ2v) is 5.43. The third-order valence-corrected chi connectivity index (χ3v) is 3.66. The summed E-state index contributed by atoms with van der Waals surface area (Å²) in [5.41, 5.74) is 7.97. The number of benzene rings is 1. The summed E-state index contributed by atoms with van der Waals surface area (Å²) in [6.07, 6.45) is 3.27. The monoisotopic (exact) mass is 316 g/mol. The van der Waals surface area contributed by atoms with Gasteiger partial charge >= 0.3 is 0 Å². The number of amides is 1. The highest BCUT2D eigenvalue weighted by atomic mass is 32.1. The first-order valence-electron chi connectivity index (χ1n) is 6.41. The van der Waals surface area contributed by atoms with Gasteiger partial charge in [0.1, 0.15) is 0 Å². The van der Waals surface area contributed by atoms with Crippen LogP contribution in [0.1, 0.15) is 12.5 Å². The Labute approximate surface area is 132 Å². The van der Waals surface area contributed by atoms with Crippen molar-refractivity contribution in [3.8, 4) is 0 Å². The molecule has 0 saturated carbocycles. The van der Waals surface area contributed by atoms with Crippen LogP contribution in [-0.2, 0) is 9.53 Å². The summed E-state index contributed by atoms with van der Waals surface area (Å²) in [7, 11) is 1.45. The van der Waals surface area contributed by atoms with Crippen LogP contribution >= 0.6 is 11.3 Å². The number of ether oxygens (including phenoxy) is 1. The van der Waals surface area contributed by atoms with Gasteiger partial charge in [0.25, 0.3) is 6.02 Å². The number of carbonyl (C=O) groups is 1. The van der Waals surface area contributed by atoms with Gasteiger partial charge in [-0.15, -0.1) is 0 Å². The number of anilines is 1. The summed E-state index contributed by atoms with van der Waals surface area (Å²) in [4.78, 5) is 19.3. The summed E-state index contributed by atoms with van der Waals surface area (Å²) in [6, 6.07) is 5.85. The fraction of sp³-hybridized carbons (Fsp3) is 0.133. The lowest BCUT2D eigenvalue weighted by molar-refractivity contribution is -0.114. The molecule has 2 rings (SSSR count). The number of hydrogen-bond acceptors (Lipinski definition) is 5. The number of allylic oxidation sites excluding steroid dienone is 2. The SMILES string of the molecule is C=C(/C=C\N=C(N)OC)c1ccc2nc(NC(C)=O)sc2c1. The zero-order valence-corrected chi connectivity index (χ0v) is 13.1. The minimum Gasteiger partial charge on any atom is -0.469 e. The summed E-state index contributed by atoms with van der Waals surface area (Å²) < 4.78 is 5.70. The van der Waals surface area contributed by atoms with Crippen molar-refractivity contribution in [3.63, 3.8) is 0 Å². The van der Waals surface area contributed by atoms with E-state index in [0.29, 0.717) is 5.13 Å². The van der Waals surface area contributed by atoms with Gasteiger partial charge in [0, 0.05) is 13.1 Å². The molecule has 22 heavy (non-hydrogen) atoms. The van der Waals surface area contributed by atoms with Gasteiger partial charge in [0.05, 0.1) is 17.3 Å². The highest BCUT2D eigenvalue weighted by Gasteiger charge is 2.06. The maximum absolute atomic E-state index is 11.1. The maximum Gasteiger partial charge on any atom is 0.286 e. The number of rotatable bonds is 4. The molecule has 0 bridgehead atoms. The fourth-order valence-electron chi connectivity index (χ4n) is 1.68. The van der Waals surface area contributed by atoms with E-state index in [-0.39, 0.29) is 11.9 Å². The number of carbonyl (C=O) groups excluding carboxylic acids is 1. The highest BCUT2D eigenvalue weighted by molar-refractivity contribution is 7.22. The van der Waals surface area contributed by atoms with Crippen molar-refractivity contribution >= 4 is 44.2 Å². The Morgan fingerprint density at radius 1 is 1.55 bits per heavy atom. The van der Waals surface area contributed by atoms with E-state index in [1.807, 2.05) is 18.2 Å². The summed E-state index contributed by atoms with van der Waals surface area (Å²) >= 11 is 1.41. The number of aromatic nitrogens is 1. The number of hydrogen-bond donors (Lipinski definition) is 2. The van der Waals surface area contributed by atoms with E-state index < -0.39 is 0 Å². The molecule has 6 nitrogen and oxygen atoms in total. The van der Waals surface area contributed by atoms with Crippen molar-refractivity contribution in [2.45, 2.75) is 6.92 Å². The van der Waals surface area contributed by atoms with Gasteiger partial charge in [0.15, 0.2) is 5.13 Å². The molecule has 3 N–H and O–H groups in total. The van der Waals surface area contributed by atoms with Crippen LogP contribution in [0.3, 0.4) is 0 Å². The van der Waals surface area contributed by atoms with Gasteiger partial charge in [-0.1, -0.05) is 24.0 Å². The molecule has 1 aromatic heterocycles. The molecule has 0 fully saturated rings. The molecule has 0 unspecified atom stereocenters. The molecule has 114 valence electrons. The van der Waals surface area contributed by atoms with Crippen LogP contribution in [0.15, 0.2) is 42.0 Å². The topological polar surface area (TPSA) is 89.6 Å². The van der Waals surface area contributed by atoms with Crippen molar-refractivity contribution in [3.05, 3.63) is 42.6 Å². The molecule has 0 atom stereocenters. The van der Waals surface area contributed by atoms with E-state index in [1.54, 1.807) is 6.08 Å². The molecule has 0 aliphatic carbocycles. The normalized spacial score (nSPS) is 11.8. The first-order chi connectivity index (χ1) is 10.5. The van der Waals surface area contributed by atoms with Crippen molar-refractivity contribution in [1.82, 2.24) is 4.98 Å². The zero-order chi connectivity index (χ0) is 16.1. The molecular formula is C15H16N4O2S. The van der Waals surface area contributed by atoms with E-state index in [0.717, 1.165) is 21.4 Å². The van der Waals surface area contributed by atoms with Crippen molar-refractivity contribution in [2.75, 3.05) is 12.4 Å². The first-order valence-corrected chi connectivity index (χ1v) is 7.22. The number of fused-ring (bicyclic) bond motifs is 1. The van der Waals surface area contributed by atoms with Crippen molar-refractivity contribution in [2.24, 2.45) is 10.7 Å². The first kappa shape index (κ1) is 15.7. The maximum atomic E-state index is 11.1. The van der Waals surface area contributed by atoms with Gasteiger partial charge in [-0.3, -0.25) is 4.79 Å². The quantitative estimate of drug-likeness (QED) is 0.515. The summed E-state index contributed by atoms with van der Waals surface area (Å²) in [5, 5.41) is 3.26. The second-order valence-electron chi connectivity index (χ2n) is 4.40. The van der Waals surface area contributed by atoms with E-state index in [2.05, 4.69) is 21.9 Å². The van der Waals surface area contributed by atoms with Gasteiger partial charge in [-0.05, 0) is 29.3 Å². The van der Waals surface area contributed by atoms with Crippen LogP contribution in [0.25, 0.3) is 15.8 Å². The van der Waals surface area contributed by atoms with Crippen LogP contribution in [0, 0.1) is 0 Å². The number of amidine groups is 1. The molecule has 1 aromatic carbocycles. The third kappa shape index (κ3) is 3.92. The van der Waals surface area contributed by atoms with Crippen LogP contribution in [0.4, 0.5) is 5.13 Å². The zero-order valence-electron chi connectivity index (χ0n) is 12.3. The minimum absolute atomic E-state index is 0.0851. The smallest absolute Gasteiger partial charge is 0.286 e. The van der Waals surface area contributed by atoms with Gasteiger partial charge in [0.2, 0.25) is 5.91 Å². The van der Waals surface area contributed by atoms with Gasteiger partial charge in [-0.2, -0.15) is 0 Å². The number of aliphatic imine (C=N–C) groups is 1.